The first-order valence-corrected chi connectivity index (χ1v) is 7.22. The maximum atomic E-state index is 12.7. The Labute approximate surface area is 129 Å². The minimum atomic E-state index is -0.143. The van der Waals surface area contributed by atoms with Crippen molar-refractivity contribution in [3.05, 3.63) is 71.3 Å². The van der Waals surface area contributed by atoms with Crippen molar-refractivity contribution in [1.82, 2.24) is 0 Å². The second kappa shape index (κ2) is 5.53. The number of fused-ring (bicyclic) bond motifs is 1. The third-order valence-corrected chi connectivity index (χ3v) is 3.78. The molecule has 0 unspecified atom stereocenters. The summed E-state index contributed by atoms with van der Waals surface area (Å²) < 4.78 is 0. The maximum Gasteiger partial charge on any atom is 0.256 e. The summed E-state index contributed by atoms with van der Waals surface area (Å²) >= 11 is 0. The van der Waals surface area contributed by atoms with Gasteiger partial charge in [0.05, 0.1) is 11.4 Å². The lowest BCUT2D eigenvalue weighted by Crippen LogP contribution is -2.14. The van der Waals surface area contributed by atoms with E-state index in [2.05, 4.69) is 5.32 Å². The SMILES string of the molecule is Cc1cc(C)c(NC(=O)c2cccc3ccccc23)c(N)c1. The molecule has 0 saturated carbocycles. The number of nitrogens with two attached hydrogens (primary N) is 1. The highest BCUT2D eigenvalue weighted by Gasteiger charge is 2.13. The van der Waals surface area contributed by atoms with Crippen molar-refractivity contribution in [2.24, 2.45) is 0 Å². The zero-order chi connectivity index (χ0) is 15.7. The number of nitrogens with one attached hydrogen (secondary N) is 1. The Morgan fingerprint density at radius 3 is 2.50 bits per heavy atom. The first kappa shape index (κ1) is 14.1. The van der Waals surface area contributed by atoms with Crippen molar-refractivity contribution in [2.75, 3.05) is 11.1 Å². The molecule has 3 aromatic carbocycles. The van der Waals surface area contributed by atoms with Gasteiger partial charge in [-0.25, -0.2) is 0 Å². The summed E-state index contributed by atoms with van der Waals surface area (Å²) in [5, 5.41) is 4.93. The molecule has 0 atom stereocenters. The fraction of sp³-hybridized carbons (Fsp3) is 0.105. The molecule has 0 aliphatic carbocycles. The summed E-state index contributed by atoms with van der Waals surface area (Å²) in [4.78, 5) is 12.7. The van der Waals surface area contributed by atoms with E-state index in [0.29, 0.717) is 16.9 Å². The number of benzene rings is 3. The van der Waals surface area contributed by atoms with Gasteiger partial charge in [0.15, 0.2) is 0 Å². The largest absolute Gasteiger partial charge is 0.397 e. The van der Waals surface area contributed by atoms with Crippen LogP contribution in [0.4, 0.5) is 11.4 Å². The van der Waals surface area contributed by atoms with Crippen molar-refractivity contribution in [3.8, 4) is 0 Å². The topological polar surface area (TPSA) is 55.1 Å². The molecule has 0 heterocycles. The van der Waals surface area contributed by atoms with Crippen LogP contribution in [0.25, 0.3) is 10.8 Å². The van der Waals surface area contributed by atoms with E-state index in [4.69, 9.17) is 5.73 Å². The molecule has 0 aliphatic heterocycles. The zero-order valence-corrected chi connectivity index (χ0v) is 12.7. The lowest BCUT2D eigenvalue weighted by molar-refractivity contribution is 0.102. The Morgan fingerprint density at radius 2 is 1.73 bits per heavy atom. The smallest absolute Gasteiger partial charge is 0.256 e. The fourth-order valence-corrected chi connectivity index (χ4v) is 2.78. The Bertz CT molecular complexity index is 840. The standard InChI is InChI=1S/C19H18N2O/c1-12-10-13(2)18(17(20)11-12)21-19(22)16-9-5-7-14-6-3-4-8-15(14)16/h3-11H,20H2,1-2H3,(H,21,22). The van der Waals surface area contributed by atoms with Gasteiger partial charge in [0, 0.05) is 5.56 Å². The summed E-state index contributed by atoms with van der Waals surface area (Å²) in [7, 11) is 0. The van der Waals surface area contributed by atoms with E-state index >= 15 is 0 Å². The molecule has 22 heavy (non-hydrogen) atoms. The molecule has 0 aliphatic rings. The molecule has 1 amide bonds. The van der Waals surface area contributed by atoms with Gasteiger partial charge in [-0.05, 0) is 47.9 Å². The molecular formula is C19H18N2O. The highest BCUT2D eigenvalue weighted by Crippen LogP contribution is 2.26. The molecule has 0 radical (unpaired) electrons. The monoisotopic (exact) mass is 290 g/mol. The average Bonchev–Trinajstić information content (AvgIpc) is 2.50. The number of hydrogen-bond acceptors (Lipinski definition) is 2. The van der Waals surface area contributed by atoms with Crippen LogP contribution < -0.4 is 11.1 Å². The molecule has 110 valence electrons. The van der Waals surface area contributed by atoms with E-state index in [1.165, 1.54) is 0 Å². The molecule has 3 aromatic rings. The third kappa shape index (κ3) is 2.53. The number of nitrogen functional groups attached to an aromatic ring is 1. The van der Waals surface area contributed by atoms with Gasteiger partial charge in [-0.1, -0.05) is 42.5 Å². The molecule has 3 nitrogen and oxygen atoms in total. The minimum Gasteiger partial charge on any atom is -0.397 e. The van der Waals surface area contributed by atoms with Crippen LogP contribution in [0.1, 0.15) is 21.5 Å². The summed E-state index contributed by atoms with van der Waals surface area (Å²) in [6, 6.07) is 17.4. The predicted octanol–water partition coefficient (Wildman–Crippen LogP) is 4.29. The van der Waals surface area contributed by atoms with Crippen LogP contribution in [0.3, 0.4) is 0 Å². The predicted molar refractivity (Wildman–Crippen MR) is 92.2 cm³/mol. The van der Waals surface area contributed by atoms with Crippen LogP contribution in [-0.4, -0.2) is 5.91 Å². The molecule has 0 saturated heterocycles. The third-order valence-electron chi connectivity index (χ3n) is 3.78. The van der Waals surface area contributed by atoms with Gasteiger partial charge < -0.3 is 11.1 Å². The fourth-order valence-electron chi connectivity index (χ4n) is 2.78. The second-order valence-corrected chi connectivity index (χ2v) is 5.53. The Morgan fingerprint density at radius 1 is 1.00 bits per heavy atom. The van der Waals surface area contributed by atoms with E-state index in [-0.39, 0.29) is 5.91 Å². The molecule has 0 fully saturated rings. The van der Waals surface area contributed by atoms with Crippen LogP contribution in [0.15, 0.2) is 54.6 Å². The van der Waals surface area contributed by atoms with Gasteiger partial charge in [0.1, 0.15) is 0 Å². The van der Waals surface area contributed by atoms with E-state index in [1.54, 1.807) is 0 Å². The number of hydrogen-bond donors (Lipinski definition) is 2. The van der Waals surface area contributed by atoms with Crippen molar-refractivity contribution in [1.29, 1.82) is 0 Å². The summed E-state index contributed by atoms with van der Waals surface area (Å²) in [5.41, 5.74) is 10.0. The Balaban J connectivity index is 2.01. The lowest BCUT2D eigenvalue weighted by Gasteiger charge is -2.13. The second-order valence-electron chi connectivity index (χ2n) is 5.53. The first-order valence-electron chi connectivity index (χ1n) is 7.22. The number of amides is 1. The van der Waals surface area contributed by atoms with Crippen LogP contribution in [0, 0.1) is 13.8 Å². The summed E-state index contributed by atoms with van der Waals surface area (Å²) in [6.45, 7) is 3.93. The average molecular weight is 290 g/mol. The van der Waals surface area contributed by atoms with Crippen LogP contribution in [-0.2, 0) is 0 Å². The number of aryl methyl sites for hydroxylation is 2. The Hall–Kier alpha value is -2.81. The Kier molecular flexibility index (Phi) is 3.55. The molecule has 0 spiro atoms. The van der Waals surface area contributed by atoms with E-state index in [1.807, 2.05) is 68.4 Å². The summed E-state index contributed by atoms with van der Waals surface area (Å²) in [6.07, 6.45) is 0. The number of rotatable bonds is 2. The van der Waals surface area contributed by atoms with Crippen LogP contribution in [0.5, 0.6) is 0 Å². The summed E-state index contributed by atoms with van der Waals surface area (Å²) in [5.74, 6) is -0.143. The normalized spacial score (nSPS) is 10.6. The molecule has 0 bridgehead atoms. The lowest BCUT2D eigenvalue weighted by atomic mass is 10.0. The van der Waals surface area contributed by atoms with Gasteiger partial charge in [-0.2, -0.15) is 0 Å². The van der Waals surface area contributed by atoms with Gasteiger partial charge in [0.2, 0.25) is 0 Å². The van der Waals surface area contributed by atoms with Gasteiger partial charge in [-0.15, -0.1) is 0 Å². The number of anilines is 2. The zero-order valence-electron chi connectivity index (χ0n) is 12.7. The quantitative estimate of drug-likeness (QED) is 0.692. The highest BCUT2D eigenvalue weighted by molar-refractivity contribution is 6.14. The van der Waals surface area contributed by atoms with Crippen molar-refractivity contribution in [3.63, 3.8) is 0 Å². The molecule has 3 heteroatoms. The van der Waals surface area contributed by atoms with E-state index in [9.17, 15) is 4.79 Å². The maximum absolute atomic E-state index is 12.7. The van der Waals surface area contributed by atoms with Crippen molar-refractivity contribution >= 4 is 28.1 Å². The molecular weight excluding hydrogens is 272 g/mol. The van der Waals surface area contributed by atoms with E-state index in [0.717, 1.165) is 21.9 Å². The molecule has 3 rings (SSSR count). The molecule has 0 aromatic heterocycles. The van der Waals surface area contributed by atoms with Gasteiger partial charge in [0.25, 0.3) is 5.91 Å². The first-order chi connectivity index (χ1) is 10.6. The highest BCUT2D eigenvalue weighted by atomic mass is 16.1. The van der Waals surface area contributed by atoms with Crippen LogP contribution >= 0.6 is 0 Å². The van der Waals surface area contributed by atoms with Gasteiger partial charge in [-0.3, -0.25) is 4.79 Å². The van der Waals surface area contributed by atoms with Gasteiger partial charge >= 0.3 is 0 Å². The number of carbonyl (C=O) groups excluding carboxylic acids is 1. The minimum absolute atomic E-state index is 0.143. The number of carbonyl (C=O) groups is 1. The molecule has 3 N–H and O–H groups in total. The van der Waals surface area contributed by atoms with E-state index < -0.39 is 0 Å². The van der Waals surface area contributed by atoms with Crippen molar-refractivity contribution < 1.29 is 4.79 Å². The van der Waals surface area contributed by atoms with Crippen LogP contribution in [0.2, 0.25) is 0 Å². The van der Waals surface area contributed by atoms with Crippen molar-refractivity contribution in [2.45, 2.75) is 13.8 Å².